The molecule has 0 aliphatic carbocycles. The number of hydrogen-bond acceptors (Lipinski definition) is 4. The number of nitrogens with one attached hydrogen (secondary N) is 3. The average Bonchev–Trinajstić information content (AvgIpc) is 3.44. The van der Waals surface area contributed by atoms with Crippen molar-refractivity contribution in [1.82, 2.24) is 20.2 Å². The van der Waals surface area contributed by atoms with Crippen molar-refractivity contribution >= 4 is 64.1 Å². The number of anilines is 1. The molecule has 0 spiro atoms. The van der Waals surface area contributed by atoms with Crippen LogP contribution in [0.25, 0.3) is 33.2 Å². The fraction of sp³-hybridized carbons (Fsp3) is 0.292. The number of carbonyl (C=O) groups is 2. The van der Waals surface area contributed by atoms with Crippen molar-refractivity contribution < 1.29 is 9.59 Å². The normalized spacial score (nSPS) is 15.3. The molecule has 0 radical (unpaired) electrons. The van der Waals surface area contributed by atoms with Gasteiger partial charge in [0, 0.05) is 34.6 Å². The van der Waals surface area contributed by atoms with E-state index in [0.29, 0.717) is 5.69 Å². The van der Waals surface area contributed by atoms with E-state index in [2.05, 4.69) is 39.6 Å². The van der Waals surface area contributed by atoms with E-state index in [1.165, 1.54) is 10.9 Å². The molecule has 1 atom stereocenters. The van der Waals surface area contributed by atoms with Gasteiger partial charge >= 0.3 is 0 Å². The molecule has 2 aromatic carbocycles. The van der Waals surface area contributed by atoms with E-state index < -0.39 is 0 Å². The summed E-state index contributed by atoms with van der Waals surface area (Å²) < 4.78 is 2.11. The third-order valence-corrected chi connectivity index (χ3v) is 6.16. The van der Waals surface area contributed by atoms with Crippen LogP contribution in [0.3, 0.4) is 0 Å². The Kier molecular flexibility index (Phi) is 7.47. The molecule has 0 unspecified atom stereocenters. The minimum atomic E-state index is -0.248. The van der Waals surface area contributed by atoms with E-state index in [9.17, 15) is 9.59 Å². The van der Waals surface area contributed by atoms with Crippen LogP contribution in [0.15, 0.2) is 42.5 Å². The van der Waals surface area contributed by atoms with Crippen molar-refractivity contribution in [2.24, 2.45) is 7.05 Å². The van der Waals surface area contributed by atoms with Crippen LogP contribution < -0.4 is 16.0 Å². The maximum Gasteiger partial charge on any atom is 0.243 e. The molecule has 7 nitrogen and oxygen atoms in total. The molecule has 0 bridgehead atoms. The number of pyridine rings is 1. The minimum Gasteiger partial charge on any atom is -0.346 e. The van der Waals surface area contributed by atoms with Crippen LogP contribution in [0.2, 0.25) is 0 Å². The maximum absolute atomic E-state index is 12.4. The zero-order valence-electron chi connectivity index (χ0n) is 18.5. The molecule has 2 amide bonds. The predicted octanol–water partition coefficient (Wildman–Crippen LogP) is 3.79. The van der Waals surface area contributed by atoms with E-state index in [1.807, 2.05) is 37.4 Å². The van der Waals surface area contributed by atoms with Gasteiger partial charge in [-0.05, 0) is 56.1 Å². The maximum atomic E-state index is 12.4. The largest absolute Gasteiger partial charge is 0.346 e. The van der Waals surface area contributed by atoms with Gasteiger partial charge in [0.1, 0.15) is 5.82 Å². The SMILES string of the molecule is Cc1c2c3cc(NC(=O)CNC(=O)[C@@H]4CCCN4)ccc3nc-2n(C)c2ccccc12.Cl.Cl. The van der Waals surface area contributed by atoms with Crippen molar-refractivity contribution in [3.63, 3.8) is 0 Å². The molecule has 3 aliphatic heterocycles. The molecular formula is C24H27Cl2N5O2. The van der Waals surface area contributed by atoms with Gasteiger partial charge in [-0.15, -0.1) is 24.8 Å². The monoisotopic (exact) mass is 487 g/mol. The number of fused-ring (bicyclic) bond motifs is 4. The molecule has 1 saturated heterocycles. The third kappa shape index (κ3) is 4.49. The lowest BCUT2D eigenvalue weighted by atomic mass is 10.00. The molecule has 2 aromatic rings. The molecule has 1 fully saturated rings. The van der Waals surface area contributed by atoms with Gasteiger partial charge in [0.2, 0.25) is 11.8 Å². The van der Waals surface area contributed by atoms with Crippen LogP contribution in [0.4, 0.5) is 5.69 Å². The lowest BCUT2D eigenvalue weighted by Crippen LogP contribution is -2.43. The van der Waals surface area contributed by atoms with Crippen molar-refractivity contribution in [3.05, 3.63) is 48.0 Å². The van der Waals surface area contributed by atoms with E-state index in [1.54, 1.807) is 0 Å². The first-order valence-electron chi connectivity index (χ1n) is 10.6. The van der Waals surface area contributed by atoms with Crippen LogP contribution >= 0.6 is 24.8 Å². The summed E-state index contributed by atoms with van der Waals surface area (Å²) in [6, 6.07) is 13.8. The van der Waals surface area contributed by atoms with Gasteiger partial charge in [-0.25, -0.2) is 4.98 Å². The van der Waals surface area contributed by atoms with Gasteiger partial charge in [-0.3, -0.25) is 9.59 Å². The number of hydrogen-bond donors (Lipinski definition) is 3. The highest BCUT2D eigenvalue weighted by Crippen LogP contribution is 2.38. The van der Waals surface area contributed by atoms with Crippen molar-refractivity contribution in [3.8, 4) is 11.4 Å². The Balaban J connectivity index is 0.00000153. The molecular weight excluding hydrogens is 461 g/mol. The Hall–Kier alpha value is -2.87. The van der Waals surface area contributed by atoms with Crippen LogP contribution in [-0.4, -0.2) is 40.5 Å². The number of halogens is 2. The third-order valence-electron chi connectivity index (χ3n) is 6.16. The van der Waals surface area contributed by atoms with E-state index >= 15 is 0 Å². The summed E-state index contributed by atoms with van der Waals surface area (Å²) in [5, 5.41) is 10.9. The summed E-state index contributed by atoms with van der Waals surface area (Å²) in [5.74, 6) is 0.553. The van der Waals surface area contributed by atoms with Crippen molar-refractivity contribution in [2.75, 3.05) is 18.4 Å². The second-order valence-corrected chi connectivity index (χ2v) is 8.16. The first kappa shape index (κ1) is 24.8. The lowest BCUT2D eigenvalue weighted by molar-refractivity contribution is -0.125. The number of aromatic nitrogens is 2. The number of benzene rings is 2. The van der Waals surface area contributed by atoms with E-state index in [0.717, 1.165) is 47.2 Å². The second-order valence-electron chi connectivity index (χ2n) is 8.16. The van der Waals surface area contributed by atoms with Crippen LogP contribution in [-0.2, 0) is 16.6 Å². The lowest BCUT2D eigenvalue weighted by Gasteiger charge is -2.15. The van der Waals surface area contributed by atoms with Crippen molar-refractivity contribution in [2.45, 2.75) is 25.8 Å². The highest BCUT2D eigenvalue weighted by Gasteiger charge is 2.23. The quantitative estimate of drug-likeness (QED) is 0.408. The Labute approximate surface area is 204 Å². The highest BCUT2D eigenvalue weighted by molar-refractivity contribution is 6.06. The zero-order valence-corrected chi connectivity index (χ0v) is 20.1. The predicted molar refractivity (Wildman–Crippen MR) is 137 cm³/mol. The molecule has 3 aliphatic rings. The summed E-state index contributed by atoms with van der Waals surface area (Å²) in [7, 11) is 2.03. The fourth-order valence-electron chi connectivity index (χ4n) is 4.55. The number of nitrogens with zero attached hydrogens (tertiary/aromatic N) is 2. The molecule has 174 valence electrons. The molecule has 33 heavy (non-hydrogen) atoms. The second kappa shape index (κ2) is 9.95. The standard InChI is InChI=1S/C24H25N5O2.2ClH/c1-14-16-6-3-4-8-20(16)29(2)23-22(14)17-12-15(9-10-18(17)28-23)27-21(30)13-26-24(31)19-7-5-11-25-19;;/h3-4,6,8-10,12,19,25H,5,7,11,13H2,1-2H3,(H,26,31)(H,27,30);2*1H/t19-;;/m0../s1. The number of para-hydroxylation sites is 1. The fourth-order valence-corrected chi connectivity index (χ4v) is 4.55. The van der Waals surface area contributed by atoms with Crippen molar-refractivity contribution in [1.29, 1.82) is 0 Å². The summed E-state index contributed by atoms with van der Waals surface area (Å²) in [5.41, 5.74) is 4.98. The number of aryl methyl sites for hydroxylation is 2. The summed E-state index contributed by atoms with van der Waals surface area (Å²) in [6.07, 6.45) is 1.80. The smallest absolute Gasteiger partial charge is 0.243 e. The zero-order chi connectivity index (χ0) is 21.5. The van der Waals surface area contributed by atoms with Crippen LogP contribution in [0.1, 0.15) is 18.4 Å². The Morgan fingerprint density at radius 3 is 2.70 bits per heavy atom. The Morgan fingerprint density at radius 2 is 1.94 bits per heavy atom. The van der Waals surface area contributed by atoms with Gasteiger partial charge in [-0.2, -0.15) is 0 Å². The van der Waals surface area contributed by atoms with Gasteiger partial charge in [0.15, 0.2) is 0 Å². The average molecular weight is 488 g/mol. The molecule has 0 aromatic heterocycles. The number of amides is 2. The molecule has 0 saturated carbocycles. The first-order valence-corrected chi connectivity index (χ1v) is 10.6. The summed E-state index contributed by atoms with van der Waals surface area (Å²) in [6.45, 7) is 2.91. The van der Waals surface area contributed by atoms with Gasteiger partial charge in [-0.1, -0.05) is 18.2 Å². The number of rotatable bonds is 4. The Morgan fingerprint density at radius 1 is 1.15 bits per heavy atom. The van der Waals surface area contributed by atoms with Crippen LogP contribution in [0.5, 0.6) is 0 Å². The molecule has 9 heteroatoms. The summed E-state index contributed by atoms with van der Waals surface area (Å²) >= 11 is 0. The van der Waals surface area contributed by atoms with Gasteiger partial charge in [0.25, 0.3) is 0 Å². The topological polar surface area (TPSA) is 88.1 Å². The summed E-state index contributed by atoms with van der Waals surface area (Å²) in [4.78, 5) is 29.3. The first-order chi connectivity index (χ1) is 15.0. The Bertz CT molecular complexity index is 1300. The molecule has 3 heterocycles. The molecule has 5 rings (SSSR count). The minimum absolute atomic E-state index is 0. The van der Waals surface area contributed by atoms with Gasteiger partial charge < -0.3 is 20.5 Å². The van der Waals surface area contributed by atoms with Crippen LogP contribution in [0, 0.1) is 6.92 Å². The molecule has 3 N–H and O–H groups in total. The van der Waals surface area contributed by atoms with E-state index in [-0.39, 0.29) is 49.2 Å². The number of carbonyl (C=O) groups excluding carboxylic acids is 2. The highest BCUT2D eigenvalue weighted by atomic mass is 35.5. The van der Waals surface area contributed by atoms with E-state index in [4.69, 9.17) is 4.98 Å². The van der Waals surface area contributed by atoms with Gasteiger partial charge in [0.05, 0.1) is 18.1 Å².